The zero-order valence-electron chi connectivity index (χ0n) is 47.7. The number of unbranched alkanes of at least 4 members (excludes halogenated alkanes) is 18. The first-order chi connectivity index (χ1) is 35.4. The SMILES string of the molecule is CCCCC/C=C\C/C=C\CCCCCCCCC1(CCCCCCCC/C=C\C/C=C\CCCCC)CCC2(CC1)O[C@H]1C[C@H](CCCOP(C)(=O)OCCN)[C@H](N(C)CCOP(C)(=O)OCCN)C[C@@H]1O2. The average Bonchev–Trinajstić information content (AvgIpc) is 3.73. The van der Waals surface area contributed by atoms with E-state index in [1.165, 1.54) is 180 Å². The molecule has 3 fully saturated rings. The van der Waals surface area contributed by atoms with Gasteiger partial charge in [0.25, 0.3) is 0 Å². The summed E-state index contributed by atoms with van der Waals surface area (Å²) in [7, 11) is -4.21. The molecule has 0 aromatic carbocycles. The summed E-state index contributed by atoms with van der Waals surface area (Å²) in [6.07, 6.45) is 60.2. The van der Waals surface area contributed by atoms with Crippen LogP contribution in [0.2, 0.25) is 0 Å². The van der Waals surface area contributed by atoms with Crippen molar-refractivity contribution in [2.75, 3.05) is 66.4 Å². The largest absolute Gasteiger partial charge is 0.344 e. The smallest absolute Gasteiger partial charge is 0.327 e. The number of rotatable bonds is 46. The summed E-state index contributed by atoms with van der Waals surface area (Å²) >= 11 is 0. The molecule has 4 N–H and O–H groups in total. The van der Waals surface area contributed by atoms with Gasteiger partial charge in [-0.15, -0.1) is 0 Å². The Kier molecular flexibility index (Phi) is 36.6. The van der Waals surface area contributed by atoms with E-state index >= 15 is 0 Å². The third kappa shape index (κ3) is 30.1. The number of hydrogen-bond donors (Lipinski definition) is 2. The van der Waals surface area contributed by atoms with Gasteiger partial charge in [0.1, 0.15) is 0 Å². The Labute approximate surface area is 449 Å². The monoisotopic (exact) mass is 1070 g/mol. The van der Waals surface area contributed by atoms with Crippen molar-refractivity contribution in [2.45, 2.75) is 256 Å². The molecule has 13 heteroatoms. The van der Waals surface area contributed by atoms with Crippen LogP contribution in [0.3, 0.4) is 0 Å². The first kappa shape index (κ1) is 66.3. The molecule has 0 bridgehead atoms. The molecule has 1 aliphatic heterocycles. The van der Waals surface area contributed by atoms with Crippen LogP contribution in [-0.2, 0) is 36.7 Å². The van der Waals surface area contributed by atoms with Crippen LogP contribution in [0.5, 0.6) is 0 Å². The zero-order valence-corrected chi connectivity index (χ0v) is 49.5. The molecule has 1 spiro atoms. The van der Waals surface area contributed by atoms with E-state index in [2.05, 4.69) is 74.4 Å². The first-order valence-corrected chi connectivity index (χ1v) is 34.2. The highest BCUT2D eigenvalue weighted by Crippen LogP contribution is 2.54. The molecule has 0 radical (unpaired) electrons. The Morgan fingerprint density at radius 1 is 0.521 bits per heavy atom. The first-order valence-electron chi connectivity index (χ1n) is 30.2. The molecule has 6 atom stereocenters. The molecule has 1 heterocycles. The molecule has 0 aromatic heterocycles. The third-order valence-corrected chi connectivity index (χ3v) is 18.5. The van der Waals surface area contributed by atoms with Gasteiger partial charge >= 0.3 is 15.2 Å². The molecule has 426 valence electrons. The maximum Gasteiger partial charge on any atom is 0.327 e. The van der Waals surface area contributed by atoms with Crippen molar-refractivity contribution >= 4 is 15.2 Å². The Morgan fingerprint density at radius 3 is 1.40 bits per heavy atom. The van der Waals surface area contributed by atoms with E-state index < -0.39 is 21.0 Å². The molecule has 3 aliphatic rings. The topological polar surface area (TPSA) is 145 Å². The fourth-order valence-electron chi connectivity index (χ4n) is 11.5. The molecule has 0 amide bonds. The van der Waals surface area contributed by atoms with Crippen LogP contribution in [-0.4, -0.2) is 95.4 Å². The van der Waals surface area contributed by atoms with Crippen LogP contribution in [0, 0.1) is 11.3 Å². The number of ether oxygens (including phenoxy) is 2. The molecule has 1 saturated heterocycles. The zero-order chi connectivity index (χ0) is 52.8. The second-order valence-electron chi connectivity index (χ2n) is 22.3. The van der Waals surface area contributed by atoms with Gasteiger partial charge in [0, 0.05) is 51.8 Å². The van der Waals surface area contributed by atoms with Crippen LogP contribution >= 0.6 is 15.2 Å². The fourth-order valence-corrected chi connectivity index (χ4v) is 13.4. The quantitative estimate of drug-likeness (QED) is 0.0341. The number of nitrogens with zero attached hydrogens (tertiary/aromatic N) is 1. The highest BCUT2D eigenvalue weighted by atomic mass is 31.2. The van der Waals surface area contributed by atoms with Gasteiger partial charge in [0.2, 0.25) is 0 Å². The van der Waals surface area contributed by atoms with Gasteiger partial charge in [-0.05, 0) is 134 Å². The summed E-state index contributed by atoms with van der Waals surface area (Å²) in [6.45, 7) is 9.82. The molecule has 73 heavy (non-hydrogen) atoms. The Balaban J connectivity index is 1.54. The lowest BCUT2D eigenvalue weighted by Gasteiger charge is -2.44. The van der Waals surface area contributed by atoms with E-state index in [0.29, 0.717) is 44.2 Å². The van der Waals surface area contributed by atoms with Crippen molar-refractivity contribution in [3.63, 3.8) is 0 Å². The molecule has 2 aliphatic carbocycles. The lowest BCUT2D eigenvalue weighted by Crippen LogP contribution is -2.49. The van der Waals surface area contributed by atoms with Crippen molar-refractivity contribution in [1.29, 1.82) is 0 Å². The van der Waals surface area contributed by atoms with E-state index in [1.54, 1.807) is 0 Å². The van der Waals surface area contributed by atoms with Crippen LogP contribution in [0.25, 0.3) is 0 Å². The predicted octanol–water partition coefficient (Wildman–Crippen LogP) is 16.6. The summed E-state index contributed by atoms with van der Waals surface area (Å²) in [4.78, 5) is 2.33. The summed E-state index contributed by atoms with van der Waals surface area (Å²) in [6, 6.07) is 0.210. The van der Waals surface area contributed by atoms with Gasteiger partial charge in [0.05, 0.1) is 38.6 Å². The normalized spacial score (nSPS) is 22.7. The number of allylic oxidation sites excluding steroid dienone is 8. The Bertz CT molecular complexity index is 1530. The molecule has 2 saturated carbocycles. The van der Waals surface area contributed by atoms with E-state index in [-0.39, 0.29) is 31.5 Å². The maximum absolute atomic E-state index is 12.8. The molecule has 0 aromatic rings. The van der Waals surface area contributed by atoms with Crippen molar-refractivity contribution in [2.24, 2.45) is 22.8 Å². The summed E-state index contributed by atoms with van der Waals surface area (Å²) < 4.78 is 62.2. The molecule has 11 nitrogen and oxygen atoms in total. The van der Waals surface area contributed by atoms with Crippen molar-refractivity contribution in [1.82, 2.24) is 4.90 Å². The second-order valence-corrected chi connectivity index (χ2v) is 26.4. The minimum absolute atomic E-state index is 0.0272. The van der Waals surface area contributed by atoms with E-state index in [0.717, 1.165) is 51.4 Å². The van der Waals surface area contributed by atoms with E-state index in [9.17, 15) is 9.13 Å². The van der Waals surface area contributed by atoms with Gasteiger partial charge < -0.3 is 43.9 Å². The van der Waals surface area contributed by atoms with Crippen LogP contribution < -0.4 is 11.5 Å². The van der Waals surface area contributed by atoms with Crippen molar-refractivity contribution in [3.05, 3.63) is 48.6 Å². The van der Waals surface area contributed by atoms with Gasteiger partial charge in [0.15, 0.2) is 5.79 Å². The van der Waals surface area contributed by atoms with Crippen molar-refractivity contribution in [3.8, 4) is 0 Å². The Morgan fingerprint density at radius 2 is 0.932 bits per heavy atom. The van der Waals surface area contributed by atoms with Gasteiger partial charge in [-0.25, -0.2) is 0 Å². The summed E-state index contributed by atoms with van der Waals surface area (Å²) in [5.74, 6) is -0.196. The number of nitrogens with two attached hydrogens (primary N) is 2. The molecular formula is C60H113N3O8P2. The van der Waals surface area contributed by atoms with Crippen molar-refractivity contribution < 1.29 is 36.7 Å². The minimum atomic E-state index is -3.19. The highest BCUT2D eigenvalue weighted by Gasteiger charge is 2.55. The lowest BCUT2D eigenvalue weighted by molar-refractivity contribution is -0.208. The van der Waals surface area contributed by atoms with E-state index in [4.69, 9.17) is 39.0 Å². The number of hydrogen-bond acceptors (Lipinski definition) is 11. The predicted molar refractivity (Wildman–Crippen MR) is 309 cm³/mol. The Hall–Kier alpha value is -0.940. The summed E-state index contributed by atoms with van der Waals surface area (Å²) in [5, 5.41) is 0. The van der Waals surface area contributed by atoms with Gasteiger partial charge in [-0.1, -0.05) is 152 Å². The maximum atomic E-state index is 12.8. The van der Waals surface area contributed by atoms with Gasteiger partial charge in [-0.3, -0.25) is 9.13 Å². The average molecular weight is 1070 g/mol. The fraction of sp³-hybridized carbons (Fsp3) is 0.867. The van der Waals surface area contributed by atoms with Crippen LogP contribution in [0.4, 0.5) is 0 Å². The molecule has 2 unspecified atom stereocenters. The number of likely N-dealkylation sites (N-methyl/N-ethyl adjacent to an activating group) is 1. The third-order valence-electron chi connectivity index (χ3n) is 15.9. The standard InChI is InChI=1S/C60H113N3O8P2/c1-6-8-10-12-14-16-18-20-22-24-26-28-30-32-34-36-40-59(41-37-35-33-31-29-27-25-23-21-19-17-15-13-11-9-7-2)42-44-60(45-43-59)70-57-53-55(39-38-49-66-72(4,64)67-50-46-61)56(54-58(57)71-60)63(3)48-52-69-73(5,65)68-51-47-62/h14-17,20-23,55-58H,6-13,18-19,24-54,61-62H2,1-5H3/b16-14-,17-15-,22-20-,23-21-/t55-,56+,57-,58-,72?,73?/m0/s1. The second kappa shape index (κ2) is 40.3. The van der Waals surface area contributed by atoms with Crippen LogP contribution in [0.15, 0.2) is 48.6 Å². The molecular weight excluding hydrogens is 953 g/mol. The highest BCUT2D eigenvalue weighted by molar-refractivity contribution is 7.53. The lowest BCUT2D eigenvalue weighted by atomic mass is 9.66. The minimum Gasteiger partial charge on any atom is -0.344 e. The summed E-state index contributed by atoms with van der Waals surface area (Å²) in [5.41, 5.74) is 11.5. The van der Waals surface area contributed by atoms with Gasteiger partial charge in [-0.2, -0.15) is 0 Å². The van der Waals surface area contributed by atoms with E-state index in [1.807, 2.05) is 0 Å². The molecule has 3 rings (SSSR count). The van der Waals surface area contributed by atoms with Crippen LogP contribution in [0.1, 0.15) is 232 Å². The number of fused-ring (bicyclic) bond motifs is 1.